The summed E-state index contributed by atoms with van der Waals surface area (Å²) in [6.45, 7) is 3.95. The van der Waals surface area contributed by atoms with E-state index in [0.29, 0.717) is 0 Å². The van der Waals surface area contributed by atoms with E-state index in [2.05, 4.69) is 54.7 Å². The predicted octanol–water partition coefficient (Wildman–Crippen LogP) is 3.76. The third kappa shape index (κ3) is 2.58. The topological polar surface area (TPSA) is 21.3 Å². The average Bonchev–Trinajstić information content (AvgIpc) is 2.53. The van der Waals surface area contributed by atoms with Crippen molar-refractivity contribution in [1.29, 1.82) is 0 Å². The lowest BCUT2D eigenvalue weighted by molar-refractivity contribution is -0.0580. The van der Waals surface area contributed by atoms with Crippen LogP contribution >= 0.6 is 11.8 Å². The largest absolute Gasteiger partial charge is 0.355 e. The zero-order valence-electron chi connectivity index (χ0n) is 11.9. The van der Waals surface area contributed by atoms with Gasteiger partial charge in [0.15, 0.2) is 5.72 Å². The molecule has 106 valence electrons. The van der Waals surface area contributed by atoms with Gasteiger partial charge < -0.3 is 4.74 Å². The summed E-state index contributed by atoms with van der Waals surface area (Å²) in [5.74, 6) is 2.13. The first-order valence-electron chi connectivity index (χ1n) is 7.31. The van der Waals surface area contributed by atoms with Gasteiger partial charge in [0.05, 0.1) is 0 Å². The Kier molecular flexibility index (Phi) is 4.29. The van der Waals surface area contributed by atoms with Crippen molar-refractivity contribution in [2.75, 3.05) is 24.7 Å². The molecule has 2 aromatic rings. The van der Waals surface area contributed by atoms with Crippen LogP contribution in [0, 0.1) is 0 Å². The van der Waals surface area contributed by atoms with Crippen molar-refractivity contribution in [1.82, 2.24) is 5.32 Å². The van der Waals surface area contributed by atoms with Gasteiger partial charge in [0.25, 0.3) is 0 Å². The van der Waals surface area contributed by atoms with Crippen LogP contribution in [0.2, 0.25) is 0 Å². The van der Waals surface area contributed by atoms with Gasteiger partial charge in [-0.05, 0) is 17.2 Å². The third-order valence-electron chi connectivity index (χ3n) is 3.74. The summed E-state index contributed by atoms with van der Waals surface area (Å²) in [6, 6.07) is 15.1. The van der Waals surface area contributed by atoms with Crippen molar-refractivity contribution < 1.29 is 4.74 Å². The van der Waals surface area contributed by atoms with Gasteiger partial charge in [0, 0.05) is 30.2 Å². The van der Waals surface area contributed by atoms with Gasteiger partial charge in [-0.15, -0.1) is 0 Å². The van der Waals surface area contributed by atoms with Gasteiger partial charge in [0.2, 0.25) is 0 Å². The van der Waals surface area contributed by atoms with E-state index in [-0.39, 0.29) is 5.72 Å². The molecule has 1 atom stereocenters. The quantitative estimate of drug-likeness (QED) is 0.925. The highest BCUT2D eigenvalue weighted by Gasteiger charge is 2.36. The standard InChI is InChI=1S/C17H21NOS/c1-2-11-19-17(13-20-12-10-18-17)16-9-5-7-14-6-3-4-8-15(14)16/h3-9,18H,2,10-13H2,1H3. The van der Waals surface area contributed by atoms with Crippen molar-refractivity contribution in [3.63, 3.8) is 0 Å². The molecule has 1 N–H and O–H groups in total. The average molecular weight is 287 g/mol. The van der Waals surface area contributed by atoms with E-state index in [4.69, 9.17) is 4.74 Å². The molecule has 0 saturated carbocycles. The second-order valence-corrected chi connectivity index (χ2v) is 6.29. The molecular weight excluding hydrogens is 266 g/mol. The Morgan fingerprint density at radius 3 is 2.85 bits per heavy atom. The van der Waals surface area contributed by atoms with Crippen LogP contribution < -0.4 is 5.32 Å². The SMILES string of the molecule is CCCOC1(c2cccc3ccccc23)CSCCN1. The van der Waals surface area contributed by atoms with Crippen LogP contribution in [0.25, 0.3) is 10.8 Å². The summed E-state index contributed by atoms with van der Waals surface area (Å²) in [7, 11) is 0. The molecule has 0 aliphatic carbocycles. The van der Waals surface area contributed by atoms with E-state index in [9.17, 15) is 0 Å². The minimum atomic E-state index is -0.334. The lowest BCUT2D eigenvalue weighted by Gasteiger charge is -2.39. The molecule has 0 amide bonds. The predicted molar refractivity (Wildman–Crippen MR) is 87.2 cm³/mol. The molecular formula is C17H21NOS. The van der Waals surface area contributed by atoms with E-state index < -0.39 is 0 Å². The number of fused-ring (bicyclic) bond motifs is 1. The first-order chi connectivity index (χ1) is 9.86. The Balaban J connectivity index is 2.08. The van der Waals surface area contributed by atoms with Crippen molar-refractivity contribution in [3.8, 4) is 0 Å². The third-order valence-corrected chi connectivity index (χ3v) is 4.84. The Labute approximate surface area is 124 Å². The molecule has 1 fully saturated rings. The molecule has 1 heterocycles. The summed E-state index contributed by atoms with van der Waals surface area (Å²) in [5.41, 5.74) is 0.941. The molecule has 0 spiro atoms. The second kappa shape index (κ2) is 6.17. The summed E-state index contributed by atoms with van der Waals surface area (Å²) in [4.78, 5) is 0. The fourth-order valence-corrected chi connectivity index (χ4v) is 3.81. The van der Waals surface area contributed by atoms with E-state index in [0.717, 1.165) is 31.1 Å². The van der Waals surface area contributed by atoms with Crippen LogP contribution in [0.5, 0.6) is 0 Å². The van der Waals surface area contributed by atoms with Crippen molar-refractivity contribution in [2.24, 2.45) is 0 Å². The van der Waals surface area contributed by atoms with Crippen LogP contribution in [-0.4, -0.2) is 24.7 Å². The number of ether oxygens (including phenoxy) is 1. The highest BCUT2D eigenvalue weighted by molar-refractivity contribution is 7.99. The number of thioether (sulfide) groups is 1. The lowest BCUT2D eigenvalue weighted by Crippen LogP contribution is -2.51. The second-order valence-electron chi connectivity index (χ2n) is 5.18. The van der Waals surface area contributed by atoms with E-state index in [1.54, 1.807) is 0 Å². The molecule has 1 aliphatic heterocycles. The fraction of sp³-hybridized carbons (Fsp3) is 0.412. The van der Waals surface area contributed by atoms with Gasteiger partial charge in [-0.1, -0.05) is 49.4 Å². The lowest BCUT2D eigenvalue weighted by atomic mass is 9.96. The van der Waals surface area contributed by atoms with Gasteiger partial charge in [-0.25, -0.2) is 0 Å². The summed E-state index contributed by atoms with van der Waals surface area (Å²) >= 11 is 1.97. The van der Waals surface area contributed by atoms with Gasteiger partial charge in [-0.2, -0.15) is 11.8 Å². The fourth-order valence-electron chi connectivity index (χ4n) is 2.79. The Morgan fingerprint density at radius 1 is 1.20 bits per heavy atom. The van der Waals surface area contributed by atoms with Crippen molar-refractivity contribution in [3.05, 3.63) is 48.0 Å². The number of nitrogens with one attached hydrogen (secondary N) is 1. The van der Waals surface area contributed by atoms with Crippen LogP contribution in [0.1, 0.15) is 18.9 Å². The molecule has 0 bridgehead atoms. The Hall–Kier alpha value is -1.03. The van der Waals surface area contributed by atoms with Crippen LogP contribution in [0.4, 0.5) is 0 Å². The molecule has 3 heteroatoms. The zero-order valence-corrected chi connectivity index (χ0v) is 12.7. The van der Waals surface area contributed by atoms with Crippen LogP contribution in [0.15, 0.2) is 42.5 Å². The maximum Gasteiger partial charge on any atom is 0.155 e. The maximum atomic E-state index is 6.28. The summed E-state index contributed by atoms with van der Waals surface area (Å²) in [5, 5.41) is 6.20. The molecule has 0 radical (unpaired) electrons. The van der Waals surface area contributed by atoms with E-state index in [1.807, 2.05) is 11.8 Å². The van der Waals surface area contributed by atoms with E-state index in [1.165, 1.54) is 16.3 Å². The maximum absolute atomic E-state index is 6.28. The molecule has 3 rings (SSSR count). The van der Waals surface area contributed by atoms with E-state index >= 15 is 0 Å². The first-order valence-corrected chi connectivity index (χ1v) is 8.46. The smallest absolute Gasteiger partial charge is 0.155 e. The number of benzene rings is 2. The molecule has 20 heavy (non-hydrogen) atoms. The highest BCUT2D eigenvalue weighted by atomic mass is 32.2. The monoisotopic (exact) mass is 287 g/mol. The Morgan fingerprint density at radius 2 is 2.05 bits per heavy atom. The van der Waals surface area contributed by atoms with Gasteiger partial charge in [-0.3, -0.25) is 5.32 Å². The zero-order chi connectivity index (χ0) is 13.8. The minimum Gasteiger partial charge on any atom is -0.355 e. The normalized spacial score (nSPS) is 23.1. The molecule has 1 saturated heterocycles. The minimum absolute atomic E-state index is 0.334. The van der Waals surface area contributed by atoms with Gasteiger partial charge in [0.1, 0.15) is 0 Å². The van der Waals surface area contributed by atoms with Crippen LogP contribution in [-0.2, 0) is 10.5 Å². The molecule has 2 aromatic carbocycles. The molecule has 0 aromatic heterocycles. The van der Waals surface area contributed by atoms with Gasteiger partial charge >= 0.3 is 0 Å². The summed E-state index contributed by atoms with van der Waals surface area (Å²) < 4.78 is 6.28. The highest BCUT2D eigenvalue weighted by Crippen LogP contribution is 2.34. The van der Waals surface area contributed by atoms with Crippen molar-refractivity contribution >= 4 is 22.5 Å². The number of hydrogen-bond donors (Lipinski definition) is 1. The van der Waals surface area contributed by atoms with Crippen LogP contribution in [0.3, 0.4) is 0 Å². The first kappa shape index (κ1) is 13.9. The summed E-state index contributed by atoms with van der Waals surface area (Å²) in [6.07, 6.45) is 1.04. The van der Waals surface area contributed by atoms with Crippen molar-refractivity contribution in [2.45, 2.75) is 19.1 Å². The molecule has 2 nitrogen and oxygen atoms in total. The number of rotatable bonds is 4. The molecule has 1 unspecified atom stereocenters. The Bertz CT molecular complexity index is 573. The number of hydrogen-bond acceptors (Lipinski definition) is 3. The molecule has 1 aliphatic rings.